The van der Waals surface area contributed by atoms with Crippen molar-refractivity contribution in [2.45, 2.75) is 50.8 Å². The Hall–Kier alpha value is -0.400. The highest BCUT2D eigenvalue weighted by Gasteiger charge is 2.44. The molecule has 0 bridgehead atoms. The molecule has 2 atom stereocenters. The smallest absolute Gasteiger partial charge is 0.117 e. The van der Waals surface area contributed by atoms with Crippen molar-refractivity contribution in [3.05, 3.63) is 0 Å². The average molecular weight is 214 g/mol. The summed E-state index contributed by atoms with van der Waals surface area (Å²) in [5, 5.41) is 9.06. The van der Waals surface area contributed by atoms with Gasteiger partial charge in [0.25, 0.3) is 0 Å². The molecule has 0 heterocycles. The molecule has 2 unspecified atom stereocenters. The highest BCUT2D eigenvalue weighted by molar-refractivity contribution is 7.84. The quantitative estimate of drug-likeness (QED) is 0.778. The Morgan fingerprint density at radius 2 is 1.86 bits per heavy atom. The monoisotopic (exact) mass is 214 g/mol. The van der Waals surface area contributed by atoms with Gasteiger partial charge >= 0.3 is 0 Å². The minimum absolute atomic E-state index is 0.312. The lowest BCUT2D eigenvalue weighted by Gasteiger charge is -2.27. The third kappa shape index (κ3) is 2.55. The van der Waals surface area contributed by atoms with E-state index in [0.717, 1.165) is 12.8 Å². The fraction of sp³-hybridized carbons (Fsp3) is 0.900. The number of rotatable bonds is 3. The fourth-order valence-electron chi connectivity index (χ4n) is 1.20. The molecule has 3 nitrogen and oxygen atoms in total. The highest BCUT2D eigenvalue weighted by Crippen LogP contribution is 2.39. The zero-order valence-electron chi connectivity index (χ0n) is 9.26. The minimum atomic E-state index is -1.16. The summed E-state index contributed by atoms with van der Waals surface area (Å²) in [5.41, 5.74) is -0.613. The molecule has 0 spiro atoms. The third-order valence-electron chi connectivity index (χ3n) is 2.49. The van der Waals surface area contributed by atoms with Crippen LogP contribution in [0.15, 0.2) is 0 Å². The topological polar surface area (TPSA) is 52.9 Å². The van der Waals surface area contributed by atoms with Gasteiger partial charge in [0, 0.05) is 0 Å². The van der Waals surface area contributed by atoms with Crippen molar-refractivity contribution in [1.82, 2.24) is 4.72 Å². The van der Waals surface area contributed by atoms with Crippen LogP contribution in [0, 0.1) is 17.2 Å². The van der Waals surface area contributed by atoms with Gasteiger partial charge in [-0.15, -0.1) is 0 Å². The van der Waals surface area contributed by atoms with Crippen LogP contribution >= 0.6 is 0 Å². The fourth-order valence-corrected chi connectivity index (χ4v) is 2.11. The first-order valence-corrected chi connectivity index (χ1v) is 6.05. The van der Waals surface area contributed by atoms with Gasteiger partial charge < -0.3 is 0 Å². The Morgan fingerprint density at radius 3 is 2.14 bits per heavy atom. The Morgan fingerprint density at radius 1 is 1.36 bits per heavy atom. The van der Waals surface area contributed by atoms with Crippen molar-refractivity contribution >= 4 is 11.0 Å². The van der Waals surface area contributed by atoms with Crippen LogP contribution in [0.2, 0.25) is 0 Å². The first-order chi connectivity index (χ1) is 6.29. The molecule has 4 heteroatoms. The van der Waals surface area contributed by atoms with Crippen molar-refractivity contribution in [1.29, 1.82) is 5.26 Å². The normalized spacial score (nSPS) is 23.6. The molecule has 0 aliphatic heterocycles. The maximum atomic E-state index is 11.8. The molecule has 0 aromatic heterocycles. The summed E-state index contributed by atoms with van der Waals surface area (Å²) in [7, 11) is -1.16. The van der Waals surface area contributed by atoms with Crippen LogP contribution in [-0.4, -0.2) is 14.5 Å². The molecular formula is C10H18N2OS. The van der Waals surface area contributed by atoms with Crippen LogP contribution in [0.5, 0.6) is 0 Å². The predicted molar refractivity (Wildman–Crippen MR) is 57.8 cm³/mol. The molecule has 0 saturated heterocycles. The third-order valence-corrected chi connectivity index (χ3v) is 4.21. The largest absolute Gasteiger partial charge is 0.242 e. The Kier molecular flexibility index (Phi) is 3.03. The summed E-state index contributed by atoms with van der Waals surface area (Å²) < 4.78 is 14.5. The molecule has 1 rings (SSSR count). The Bertz CT molecular complexity index is 285. The first kappa shape index (κ1) is 11.7. The van der Waals surface area contributed by atoms with Gasteiger partial charge in [0.15, 0.2) is 0 Å². The Labute approximate surface area is 88.5 Å². The van der Waals surface area contributed by atoms with Crippen molar-refractivity contribution in [2.24, 2.45) is 5.92 Å². The lowest BCUT2D eigenvalue weighted by atomic mass is 10.0. The molecule has 0 radical (unpaired) electrons. The van der Waals surface area contributed by atoms with Gasteiger partial charge in [-0.1, -0.05) is 0 Å². The standard InChI is InChI=1S/C10H18N2OS/c1-9(2,3)14(13)12-10(4,7-11)8-5-6-8/h8,12H,5-6H2,1-4H3. The molecule has 1 fully saturated rings. The summed E-state index contributed by atoms with van der Waals surface area (Å²) in [6.45, 7) is 7.55. The van der Waals surface area contributed by atoms with E-state index in [1.54, 1.807) is 0 Å². The summed E-state index contributed by atoms with van der Waals surface area (Å²) in [5.74, 6) is 0.374. The number of nitrogens with one attached hydrogen (secondary N) is 1. The van der Waals surface area contributed by atoms with E-state index in [1.165, 1.54) is 0 Å². The molecule has 1 aliphatic carbocycles. The van der Waals surface area contributed by atoms with E-state index in [0.29, 0.717) is 5.92 Å². The van der Waals surface area contributed by atoms with Crippen molar-refractivity contribution in [2.75, 3.05) is 0 Å². The summed E-state index contributed by atoms with van der Waals surface area (Å²) in [6.07, 6.45) is 2.14. The lowest BCUT2D eigenvalue weighted by Crippen LogP contribution is -2.48. The summed E-state index contributed by atoms with van der Waals surface area (Å²) in [4.78, 5) is 0. The second-order valence-corrected chi connectivity index (χ2v) is 7.04. The van der Waals surface area contributed by atoms with Crippen molar-refractivity contribution in [3.8, 4) is 6.07 Å². The van der Waals surface area contributed by atoms with Crippen LogP contribution in [0.4, 0.5) is 0 Å². The molecule has 14 heavy (non-hydrogen) atoms. The Balaban J connectivity index is 2.67. The maximum Gasteiger partial charge on any atom is 0.117 e. The van der Waals surface area contributed by atoms with E-state index in [4.69, 9.17) is 5.26 Å². The van der Waals surface area contributed by atoms with Gasteiger partial charge in [0.05, 0.1) is 21.8 Å². The minimum Gasteiger partial charge on any atom is -0.242 e. The summed E-state index contributed by atoms with van der Waals surface area (Å²) in [6, 6.07) is 2.24. The molecule has 0 aromatic rings. The SMILES string of the molecule is CC(C#N)(NS(=O)C(C)(C)C)C1CC1. The second kappa shape index (κ2) is 3.63. The highest BCUT2D eigenvalue weighted by atomic mass is 32.2. The van der Waals surface area contributed by atoms with Crippen LogP contribution in [0.25, 0.3) is 0 Å². The van der Waals surface area contributed by atoms with Crippen LogP contribution < -0.4 is 4.72 Å². The average Bonchev–Trinajstić information content (AvgIpc) is 2.84. The molecule has 1 saturated carbocycles. The number of nitriles is 1. The number of hydrogen-bond donors (Lipinski definition) is 1. The van der Waals surface area contributed by atoms with Crippen LogP contribution in [0.1, 0.15) is 40.5 Å². The van der Waals surface area contributed by atoms with Gasteiger partial charge in [-0.25, -0.2) is 8.93 Å². The predicted octanol–water partition coefficient (Wildman–Crippen LogP) is 1.73. The molecule has 80 valence electrons. The zero-order chi connectivity index (χ0) is 11.0. The van der Waals surface area contributed by atoms with E-state index in [-0.39, 0.29) is 4.75 Å². The molecule has 1 N–H and O–H groups in total. The van der Waals surface area contributed by atoms with Gasteiger partial charge in [-0.05, 0) is 46.5 Å². The zero-order valence-corrected chi connectivity index (χ0v) is 10.1. The van der Waals surface area contributed by atoms with E-state index >= 15 is 0 Å². The van der Waals surface area contributed by atoms with Crippen LogP contribution in [-0.2, 0) is 11.0 Å². The van der Waals surface area contributed by atoms with E-state index in [9.17, 15) is 4.21 Å². The molecule has 0 aromatic carbocycles. The summed E-state index contributed by atoms with van der Waals surface area (Å²) >= 11 is 0. The van der Waals surface area contributed by atoms with E-state index in [1.807, 2.05) is 27.7 Å². The van der Waals surface area contributed by atoms with E-state index in [2.05, 4.69) is 10.8 Å². The van der Waals surface area contributed by atoms with Gasteiger partial charge in [0.2, 0.25) is 0 Å². The first-order valence-electron chi connectivity index (χ1n) is 4.90. The molecule has 1 aliphatic rings. The number of nitrogens with zero attached hydrogens (tertiary/aromatic N) is 1. The van der Waals surface area contributed by atoms with E-state index < -0.39 is 16.5 Å². The van der Waals surface area contributed by atoms with Crippen molar-refractivity contribution in [3.63, 3.8) is 0 Å². The van der Waals surface area contributed by atoms with Gasteiger partial charge in [0.1, 0.15) is 5.54 Å². The molecular weight excluding hydrogens is 196 g/mol. The lowest BCUT2D eigenvalue weighted by molar-refractivity contribution is 0.470. The molecule has 0 amide bonds. The van der Waals surface area contributed by atoms with Crippen LogP contribution in [0.3, 0.4) is 0 Å². The van der Waals surface area contributed by atoms with Gasteiger partial charge in [-0.3, -0.25) is 0 Å². The van der Waals surface area contributed by atoms with Gasteiger partial charge in [-0.2, -0.15) is 5.26 Å². The van der Waals surface area contributed by atoms with Crippen molar-refractivity contribution < 1.29 is 4.21 Å². The number of hydrogen-bond acceptors (Lipinski definition) is 2. The maximum absolute atomic E-state index is 11.8. The second-order valence-electron chi connectivity index (χ2n) is 5.07.